The zero-order valence-electron chi connectivity index (χ0n) is 13.8. The molecule has 0 heterocycles. The van der Waals surface area contributed by atoms with Crippen LogP contribution < -0.4 is 20.1 Å². The van der Waals surface area contributed by atoms with Gasteiger partial charge in [-0.1, -0.05) is 29.8 Å². The number of thiocarbonyl (C=S) groups is 1. The third-order valence-electron chi connectivity index (χ3n) is 3.51. The minimum Gasteiger partial charge on any atom is -0.493 e. The zero-order valence-corrected chi connectivity index (χ0v) is 15.3. The van der Waals surface area contributed by atoms with Crippen LogP contribution >= 0.6 is 23.8 Å². The fraction of sp³-hybridized carbons (Fsp3) is 0.278. The van der Waals surface area contributed by atoms with Crippen LogP contribution in [0.3, 0.4) is 0 Å². The third-order valence-corrected chi connectivity index (χ3v) is 4.05. The lowest BCUT2D eigenvalue weighted by Gasteiger charge is -2.12. The number of nitrogens with one attached hydrogen (secondary N) is 2. The molecule has 2 aromatic rings. The van der Waals surface area contributed by atoms with Crippen molar-refractivity contribution in [1.29, 1.82) is 0 Å². The van der Waals surface area contributed by atoms with E-state index in [4.69, 9.17) is 33.3 Å². The van der Waals surface area contributed by atoms with E-state index < -0.39 is 0 Å². The van der Waals surface area contributed by atoms with E-state index in [1.165, 1.54) is 0 Å². The molecule has 0 saturated carbocycles. The molecule has 2 rings (SSSR count). The first-order valence-corrected chi connectivity index (χ1v) is 8.38. The molecule has 0 spiro atoms. The molecule has 0 fully saturated rings. The van der Waals surface area contributed by atoms with Gasteiger partial charge in [0.1, 0.15) is 0 Å². The number of benzene rings is 2. The van der Waals surface area contributed by atoms with Crippen LogP contribution in [0.1, 0.15) is 11.1 Å². The molecule has 0 aliphatic rings. The number of rotatable bonds is 7. The van der Waals surface area contributed by atoms with Gasteiger partial charge in [-0.15, -0.1) is 0 Å². The van der Waals surface area contributed by atoms with Crippen molar-refractivity contribution in [1.82, 2.24) is 10.6 Å². The van der Waals surface area contributed by atoms with Gasteiger partial charge in [-0.05, 0) is 54.0 Å². The van der Waals surface area contributed by atoms with Gasteiger partial charge in [0.15, 0.2) is 16.6 Å². The zero-order chi connectivity index (χ0) is 17.4. The highest BCUT2D eigenvalue weighted by Gasteiger charge is 2.04. The summed E-state index contributed by atoms with van der Waals surface area (Å²) in [7, 11) is 3.26. The van der Waals surface area contributed by atoms with Crippen LogP contribution in [0, 0.1) is 0 Å². The highest BCUT2D eigenvalue weighted by Crippen LogP contribution is 2.27. The van der Waals surface area contributed by atoms with E-state index in [1.807, 2.05) is 42.5 Å². The summed E-state index contributed by atoms with van der Waals surface area (Å²) < 4.78 is 10.5. The van der Waals surface area contributed by atoms with Gasteiger partial charge >= 0.3 is 0 Å². The summed E-state index contributed by atoms with van der Waals surface area (Å²) in [5.41, 5.74) is 2.28. The Balaban J connectivity index is 1.75. The first-order chi connectivity index (χ1) is 11.6. The standard InChI is InChI=1S/C18H21ClN2O2S/c1-22-16-8-5-13(11-17(16)23-2)9-10-20-18(24)21-12-14-3-6-15(19)7-4-14/h3-8,11H,9-10,12H2,1-2H3,(H2,20,21,24). The van der Waals surface area contributed by atoms with Crippen molar-refractivity contribution < 1.29 is 9.47 Å². The topological polar surface area (TPSA) is 42.5 Å². The number of methoxy groups -OCH3 is 2. The van der Waals surface area contributed by atoms with Gasteiger partial charge in [0.05, 0.1) is 14.2 Å². The molecule has 24 heavy (non-hydrogen) atoms. The highest BCUT2D eigenvalue weighted by atomic mass is 35.5. The van der Waals surface area contributed by atoms with E-state index in [0.29, 0.717) is 11.7 Å². The lowest BCUT2D eigenvalue weighted by molar-refractivity contribution is 0.354. The van der Waals surface area contributed by atoms with Gasteiger partial charge in [-0.3, -0.25) is 0 Å². The summed E-state index contributed by atoms with van der Waals surface area (Å²) in [6.45, 7) is 1.40. The molecule has 0 bridgehead atoms. The number of hydrogen-bond donors (Lipinski definition) is 2. The SMILES string of the molecule is COc1ccc(CCNC(=S)NCc2ccc(Cl)cc2)cc1OC. The van der Waals surface area contributed by atoms with Crippen LogP contribution in [-0.4, -0.2) is 25.9 Å². The summed E-state index contributed by atoms with van der Waals surface area (Å²) in [5.74, 6) is 1.47. The van der Waals surface area contributed by atoms with Crippen LogP contribution in [0.2, 0.25) is 5.02 Å². The molecule has 2 aromatic carbocycles. The molecule has 0 saturated heterocycles. The van der Waals surface area contributed by atoms with Gasteiger partial charge in [0, 0.05) is 18.1 Å². The molecular weight excluding hydrogens is 344 g/mol. The van der Waals surface area contributed by atoms with E-state index in [1.54, 1.807) is 14.2 Å². The summed E-state index contributed by atoms with van der Waals surface area (Å²) in [6, 6.07) is 13.6. The second kappa shape index (κ2) is 9.35. The second-order valence-corrected chi connectivity index (χ2v) is 6.02. The molecule has 6 heteroatoms. The summed E-state index contributed by atoms with van der Waals surface area (Å²) in [4.78, 5) is 0. The minimum atomic E-state index is 0.630. The van der Waals surface area contributed by atoms with E-state index in [9.17, 15) is 0 Å². The van der Waals surface area contributed by atoms with Crippen LogP contribution in [0.15, 0.2) is 42.5 Å². The quantitative estimate of drug-likeness (QED) is 0.735. The lowest BCUT2D eigenvalue weighted by Crippen LogP contribution is -2.35. The van der Waals surface area contributed by atoms with Crippen LogP contribution in [0.25, 0.3) is 0 Å². The van der Waals surface area contributed by atoms with E-state index in [-0.39, 0.29) is 0 Å². The molecule has 0 aliphatic heterocycles. The molecule has 0 amide bonds. The molecule has 128 valence electrons. The summed E-state index contributed by atoms with van der Waals surface area (Å²) in [6.07, 6.45) is 0.836. The summed E-state index contributed by atoms with van der Waals surface area (Å²) >= 11 is 11.2. The average Bonchev–Trinajstić information content (AvgIpc) is 2.61. The van der Waals surface area contributed by atoms with Gasteiger partial charge in [0.25, 0.3) is 0 Å². The predicted molar refractivity (Wildman–Crippen MR) is 102 cm³/mol. The number of ether oxygens (including phenoxy) is 2. The van der Waals surface area contributed by atoms with Gasteiger partial charge in [0.2, 0.25) is 0 Å². The molecule has 0 atom stereocenters. The van der Waals surface area contributed by atoms with E-state index in [0.717, 1.165) is 40.6 Å². The van der Waals surface area contributed by atoms with E-state index >= 15 is 0 Å². The Labute approximate surface area is 153 Å². The molecule has 4 nitrogen and oxygen atoms in total. The van der Waals surface area contributed by atoms with Crippen molar-refractivity contribution in [3.63, 3.8) is 0 Å². The van der Waals surface area contributed by atoms with Crippen molar-refractivity contribution in [2.45, 2.75) is 13.0 Å². The molecular formula is C18H21ClN2O2S. The average molecular weight is 365 g/mol. The summed E-state index contributed by atoms with van der Waals surface area (Å²) in [5, 5.41) is 7.74. The van der Waals surface area contributed by atoms with Crippen molar-refractivity contribution in [2.75, 3.05) is 20.8 Å². The van der Waals surface area contributed by atoms with Gasteiger partial charge in [-0.2, -0.15) is 0 Å². The second-order valence-electron chi connectivity index (χ2n) is 5.18. The maximum absolute atomic E-state index is 5.87. The van der Waals surface area contributed by atoms with Crippen molar-refractivity contribution in [3.8, 4) is 11.5 Å². The molecule has 0 aromatic heterocycles. The van der Waals surface area contributed by atoms with Crippen LogP contribution in [0.4, 0.5) is 0 Å². The smallest absolute Gasteiger partial charge is 0.166 e. The predicted octanol–water partition coefficient (Wildman–Crippen LogP) is 3.56. The molecule has 0 radical (unpaired) electrons. The Morgan fingerprint density at radius 2 is 1.62 bits per heavy atom. The molecule has 0 aliphatic carbocycles. The first-order valence-electron chi connectivity index (χ1n) is 7.59. The maximum atomic E-state index is 5.87. The Hall–Kier alpha value is -1.98. The normalized spacial score (nSPS) is 10.1. The maximum Gasteiger partial charge on any atom is 0.166 e. The molecule has 0 unspecified atom stereocenters. The van der Waals surface area contributed by atoms with Crippen molar-refractivity contribution in [3.05, 3.63) is 58.6 Å². The van der Waals surface area contributed by atoms with Gasteiger partial charge in [-0.25, -0.2) is 0 Å². The molecule has 2 N–H and O–H groups in total. The fourth-order valence-corrected chi connectivity index (χ4v) is 2.50. The minimum absolute atomic E-state index is 0.630. The third kappa shape index (κ3) is 5.58. The van der Waals surface area contributed by atoms with Gasteiger partial charge < -0.3 is 20.1 Å². The number of halogens is 1. The first kappa shape index (κ1) is 18.4. The van der Waals surface area contributed by atoms with Crippen LogP contribution in [-0.2, 0) is 13.0 Å². The van der Waals surface area contributed by atoms with Crippen molar-refractivity contribution >= 4 is 28.9 Å². The Morgan fingerprint density at radius 3 is 2.29 bits per heavy atom. The lowest BCUT2D eigenvalue weighted by atomic mass is 10.1. The Kier molecular flexibility index (Phi) is 7.15. The monoisotopic (exact) mass is 364 g/mol. The Bertz CT molecular complexity index is 677. The number of hydrogen-bond acceptors (Lipinski definition) is 3. The van der Waals surface area contributed by atoms with Crippen molar-refractivity contribution in [2.24, 2.45) is 0 Å². The van der Waals surface area contributed by atoms with E-state index in [2.05, 4.69) is 10.6 Å². The fourth-order valence-electron chi connectivity index (χ4n) is 2.20. The largest absolute Gasteiger partial charge is 0.493 e. The Morgan fingerprint density at radius 1 is 0.958 bits per heavy atom. The highest BCUT2D eigenvalue weighted by molar-refractivity contribution is 7.80. The van der Waals surface area contributed by atoms with Crippen LogP contribution in [0.5, 0.6) is 11.5 Å².